The van der Waals surface area contributed by atoms with Crippen LogP contribution in [0.4, 0.5) is 0 Å². The average Bonchev–Trinajstić information content (AvgIpc) is 2.84. The highest BCUT2D eigenvalue weighted by Crippen LogP contribution is 2.25. The van der Waals surface area contributed by atoms with Crippen molar-refractivity contribution in [2.24, 2.45) is 0 Å². The van der Waals surface area contributed by atoms with E-state index in [0.717, 1.165) is 17.2 Å². The minimum Gasteiger partial charge on any atom is -0.308 e. The van der Waals surface area contributed by atoms with Crippen LogP contribution in [0.25, 0.3) is 0 Å². The van der Waals surface area contributed by atoms with Crippen LogP contribution in [0.15, 0.2) is 41.8 Å². The van der Waals surface area contributed by atoms with Gasteiger partial charge in [0.1, 0.15) is 0 Å². The van der Waals surface area contributed by atoms with Crippen LogP contribution in [0.3, 0.4) is 0 Å². The van der Waals surface area contributed by atoms with E-state index in [4.69, 9.17) is 11.6 Å². The summed E-state index contributed by atoms with van der Waals surface area (Å²) >= 11 is 7.57. The van der Waals surface area contributed by atoms with Crippen molar-refractivity contribution in [2.75, 3.05) is 0 Å². The first-order chi connectivity index (χ1) is 9.15. The zero-order valence-electron chi connectivity index (χ0n) is 11.4. The van der Waals surface area contributed by atoms with Crippen molar-refractivity contribution in [2.45, 2.75) is 38.8 Å². The molecular weight excluding hydrogens is 274 g/mol. The molecule has 19 heavy (non-hydrogen) atoms. The minimum absolute atomic E-state index is 0.356. The Labute approximate surface area is 124 Å². The van der Waals surface area contributed by atoms with E-state index < -0.39 is 0 Å². The first-order valence-electron chi connectivity index (χ1n) is 6.69. The molecule has 1 heterocycles. The number of halogens is 1. The Kier molecular flexibility index (Phi) is 5.44. The molecule has 1 aromatic heterocycles. The lowest BCUT2D eigenvalue weighted by Crippen LogP contribution is -2.29. The summed E-state index contributed by atoms with van der Waals surface area (Å²) in [7, 11) is 0. The number of aryl methyl sites for hydroxylation is 1. The molecule has 0 aliphatic carbocycles. The first-order valence-corrected chi connectivity index (χ1v) is 7.95. The molecule has 0 radical (unpaired) electrons. The van der Waals surface area contributed by atoms with Crippen molar-refractivity contribution in [1.29, 1.82) is 0 Å². The third kappa shape index (κ3) is 4.64. The van der Waals surface area contributed by atoms with Crippen LogP contribution in [-0.2, 0) is 6.42 Å². The average molecular weight is 294 g/mol. The maximum atomic E-state index is 5.97. The molecule has 0 saturated carbocycles. The summed E-state index contributed by atoms with van der Waals surface area (Å²) in [6.07, 6.45) is 2.26. The fourth-order valence-corrected chi connectivity index (χ4v) is 3.17. The van der Waals surface area contributed by atoms with Crippen molar-refractivity contribution in [1.82, 2.24) is 5.32 Å². The van der Waals surface area contributed by atoms with Gasteiger partial charge in [0, 0.05) is 12.1 Å². The predicted molar refractivity (Wildman–Crippen MR) is 85.1 cm³/mol. The number of benzene rings is 1. The lowest BCUT2D eigenvalue weighted by molar-refractivity contribution is 0.457. The number of rotatable bonds is 6. The molecule has 2 rings (SSSR count). The molecule has 0 aliphatic heterocycles. The Morgan fingerprint density at radius 1 is 1.21 bits per heavy atom. The van der Waals surface area contributed by atoms with Crippen molar-refractivity contribution < 1.29 is 0 Å². The largest absolute Gasteiger partial charge is 0.308 e. The minimum atomic E-state index is 0.356. The molecule has 2 unspecified atom stereocenters. The topological polar surface area (TPSA) is 12.0 Å². The second-order valence-corrected chi connectivity index (χ2v) is 6.54. The summed E-state index contributed by atoms with van der Waals surface area (Å²) in [5.41, 5.74) is 2.68. The monoisotopic (exact) mass is 293 g/mol. The second-order valence-electron chi connectivity index (χ2n) is 5.00. The van der Waals surface area contributed by atoms with E-state index in [2.05, 4.69) is 54.9 Å². The highest BCUT2D eigenvalue weighted by molar-refractivity contribution is 7.14. The van der Waals surface area contributed by atoms with E-state index in [1.54, 1.807) is 11.3 Å². The molecular formula is C16H20ClNS. The van der Waals surface area contributed by atoms with Crippen LogP contribution < -0.4 is 5.32 Å². The third-order valence-electron chi connectivity index (χ3n) is 3.33. The van der Waals surface area contributed by atoms with Gasteiger partial charge in [-0.25, -0.2) is 0 Å². The van der Waals surface area contributed by atoms with Gasteiger partial charge in [-0.05, 0) is 49.3 Å². The smallest absolute Gasteiger partial charge is 0.0931 e. The molecule has 0 bridgehead atoms. The lowest BCUT2D eigenvalue weighted by Gasteiger charge is -2.19. The van der Waals surface area contributed by atoms with Gasteiger partial charge in [-0.1, -0.05) is 41.9 Å². The zero-order chi connectivity index (χ0) is 13.7. The highest BCUT2D eigenvalue weighted by atomic mass is 35.5. The summed E-state index contributed by atoms with van der Waals surface area (Å²) in [5.74, 6) is 0. The van der Waals surface area contributed by atoms with Crippen LogP contribution >= 0.6 is 22.9 Å². The number of nitrogens with one attached hydrogen (secondary N) is 1. The van der Waals surface area contributed by atoms with Gasteiger partial charge in [0.2, 0.25) is 0 Å². The Balaban J connectivity index is 1.79. The Hall–Kier alpha value is -0.830. The van der Waals surface area contributed by atoms with E-state index >= 15 is 0 Å². The SMILES string of the molecule is CC(CCc1ccccc1)NC(C)c1csc(Cl)c1. The van der Waals surface area contributed by atoms with Gasteiger partial charge in [-0.15, -0.1) is 11.3 Å². The van der Waals surface area contributed by atoms with E-state index in [0.29, 0.717) is 12.1 Å². The molecule has 0 aliphatic rings. The van der Waals surface area contributed by atoms with Gasteiger partial charge in [0.15, 0.2) is 0 Å². The molecule has 0 spiro atoms. The number of hydrogen-bond acceptors (Lipinski definition) is 2. The molecule has 3 heteroatoms. The summed E-state index contributed by atoms with van der Waals surface area (Å²) in [6.45, 7) is 4.44. The van der Waals surface area contributed by atoms with E-state index in [1.165, 1.54) is 11.1 Å². The van der Waals surface area contributed by atoms with Gasteiger partial charge in [-0.3, -0.25) is 0 Å². The normalized spacial score (nSPS) is 14.3. The molecule has 0 amide bonds. The maximum Gasteiger partial charge on any atom is 0.0931 e. The van der Waals surface area contributed by atoms with Crippen LogP contribution in [0.1, 0.15) is 37.4 Å². The molecule has 0 saturated heterocycles. The van der Waals surface area contributed by atoms with Crippen molar-refractivity contribution >= 4 is 22.9 Å². The first kappa shape index (κ1) is 14.6. The third-order valence-corrected chi connectivity index (χ3v) is 4.44. The number of thiophene rings is 1. The van der Waals surface area contributed by atoms with E-state index in [9.17, 15) is 0 Å². The quantitative estimate of drug-likeness (QED) is 0.784. The summed E-state index contributed by atoms with van der Waals surface area (Å²) in [4.78, 5) is 0. The summed E-state index contributed by atoms with van der Waals surface area (Å²) < 4.78 is 0.862. The summed E-state index contributed by atoms with van der Waals surface area (Å²) in [5, 5.41) is 5.76. The molecule has 1 N–H and O–H groups in total. The molecule has 1 nitrogen and oxygen atoms in total. The Bertz CT molecular complexity index is 494. The van der Waals surface area contributed by atoms with E-state index in [-0.39, 0.29) is 0 Å². The van der Waals surface area contributed by atoms with Gasteiger partial charge in [0.05, 0.1) is 4.34 Å². The Morgan fingerprint density at radius 3 is 2.58 bits per heavy atom. The predicted octanol–water partition coefficient (Wildman–Crippen LogP) is 5.07. The van der Waals surface area contributed by atoms with Crippen LogP contribution in [0.2, 0.25) is 4.34 Å². The lowest BCUT2D eigenvalue weighted by atomic mass is 10.0. The standard InChI is InChI=1S/C16H20ClNS/c1-12(8-9-14-6-4-3-5-7-14)18-13(2)15-10-16(17)19-11-15/h3-7,10-13,18H,8-9H2,1-2H3. The van der Waals surface area contributed by atoms with Crippen molar-refractivity contribution in [3.8, 4) is 0 Å². The molecule has 0 fully saturated rings. The summed E-state index contributed by atoms with van der Waals surface area (Å²) in [6, 6.07) is 13.5. The fraction of sp³-hybridized carbons (Fsp3) is 0.375. The van der Waals surface area contributed by atoms with Crippen molar-refractivity contribution in [3.63, 3.8) is 0 Å². The van der Waals surface area contributed by atoms with Gasteiger partial charge >= 0.3 is 0 Å². The second kappa shape index (κ2) is 7.09. The van der Waals surface area contributed by atoms with E-state index in [1.807, 2.05) is 6.07 Å². The van der Waals surface area contributed by atoms with Gasteiger partial charge in [0.25, 0.3) is 0 Å². The highest BCUT2D eigenvalue weighted by Gasteiger charge is 2.11. The maximum absolute atomic E-state index is 5.97. The van der Waals surface area contributed by atoms with Crippen LogP contribution in [0.5, 0.6) is 0 Å². The fourth-order valence-electron chi connectivity index (χ4n) is 2.18. The molecule has 2 aromatic rings. The molecule has 1 aromatic carbocycles. The van der Waals surface area contributed by atoms with Crippen molar-refractivity contribution in [3.05, 3.63) is 57.2 Å². The number of hydrogen-bond donors (Lipinski definition) is 1. The Morgan fingerprint density at radius 2 is 1.95 bits per heavy atom. The zero-order valence-corrected chi connectivity index (χ0v) is 13.0. The van der Waals surface area contributed by atoms with Crippen LogP contribution in [-0.4, -0.2) is 6.04 Å². The molecule has 102 valence electrons. The van der Waals surface area contributed by atoms with Crippen LogP contribution in [0, 0.1) is 0 Å². The van der Waals surface area contributed by atoms with Gasteiger partial charge in [-0.2, -0.15) is 0 Å². The van der Waals surface area contributed by atoms with Gasteiger partial charge < -0.3 is 5.32 Å². The molecule has 2 atom stereocenters.